The van der Waals surface area contributed by atoms with Crippen LogP contribution in [0.15, 0.2) is 29.6 Å². The highest BCUT2D eigenvalue weighted by Crippen LogP contribution is 2.56. The van der Waals surface area contributed by atoms with Gasteiger partial charge in [0, 0.05) is 0 Å². The average Bonchev–Trinajstić information content (AvgIpc) is 2.36. The summed E-state index contributed by atoms with van der Waals surface area (Å²) in [6.45, 7) is 3.62. The Bertz CT molecular complexity index is 541. The van der Waals surface area contributed by atoms with Crippen LogP contribution >= 0.6 is 7.60 Å². The zero-order valence-electron chi connectivity index (χ0n) is 10.8. The Labute approximate surface area is 112 Å². The van der Waals surface area contributed by atoms with E-state index in [9.17, 15) is 8.96 Å². The molecule has 0 unspecified atom stereocenters. The highest BCUT2D eigenvalue weighted by Gasteiger charge is 2.29. The Balaban J connectivity index is 3.18. The number of nitriles is 1. The van der Waals surface area contributed by atoms with Gasteiger partial charge in [0.1, 0.15) is 17.2 Å². The molecule has 0 aliphatic carbocycles. The van der Waals surface area contributed by atoms with E-state index >= 15 is 0 Å². The van der Waals surface area contributed by atoms with Crippen molar-refractivity contribution >= 4 is 13.7 Å². The molecule has 4 nitrogen and oxygen atoms in total. The lowest BCUT2D eigenvalue weighted by Gasteiger charge is -2.15. The summed E-state index contributed by atoms with van der Waals surface area (Å²) in [5.74, 6) is -0.436. The second-order valence-corrected chi connectivity index (χ2v) is 5.52. The van der Waals surface area contributed by atoms with Gasteiger partial charge in [-0.1, -0.05) is 12.1 Å². The van der Waals surface area contributed by atoms with Crippen LogP contribution < -0.4 is 0 Å². The summed E-state index contributed by atoms with van der Waals surface area (Å²) in [6.07, 6.45) is 1.31. The number of hydrogen-bond donors (Lipinski definition) is 0. The van der Waals surface area contributed by atoms with Gasteiger partial charge in [0.15, 0.2) is 0 Å². The first-order valence-electron chi connectivity index (χ1n) is 5.82. The SMILES string of the molecule is CCOP(=O)(OCC)C(C#N)=Cc1cccc(F)c1. The van der Waals surface area contributed by atoms with Crippen molar-refractivity contribution in [3.63, 3.8) is 0 Å². The number of allylic oxidation sites excluding steroid dienone is 1. The molecule has 0 aromatic heterocycles. The van der Waals surface area contributed by atoms with Crippen LogP contribution in [-0.4, -0.2) is 13.2 Å². The maximum Gasteiger partial charge on any atom is 0.371 e. The molecule has 1 aromatic rings. The van der Waals surface area contributed by atoms with E-state index in [2.05, 4.69) is 0 Å². The molecule has 0 spiro atoms. The molecule has 0 amide bonds. The topological polar surface area (TPSA) is 59.3 Å². The smallest absolute Gasteiger partial charge is 0.305 e. The number of hydrogen-bond acceptors (Lipinski definition) is 4. The number of nitrogens with zero attached hydrogens (tertiary/aromatic N) is 1. The summed E-state index contributed by atoms with van der Waals surface area (Å²) < 4.78 is 35.6. The molecule has 0 saturated heterocycles. The molecule has 1 rings (SSSR count). The van der Waals surface area contributed by atoms with Gasteiger partial charge in [0.25, 0.3) is 0 Å². The highest BCUT2D eigenvalue weighted by atomic mass is 31.2. The van der Waals surface area contributed by atoms with Crippen molar-refractivity contribution < 1.29 is 18.0 Å². The van der Waals surface area contributed by atoms with Crippen LogP contribution in [0.25, 0.3) is 6.08 Å². The van der Waals surface area contributed by atoms with Crippen molar-refractivity contribution in [3.05, 3.63) is 41.0 Å². The minimum atomic E-state index is -3.63. The van der Waals surface area contributed by atoms with E-state index in [-0.39, 0.29) is 18.5 Å². The monoisotopic (exact) mass is 283 g/mol. The van der Waals surface area contributed by atoms with E-state index < -0.39 is 13.4 Å². The fourth-order valence-electron chi connectivity index (χ4n) is 1.44. The van der Waals surface area contributed by atoms with E-state index in [0.717, 1.165) is 0 Å². The highest BCUT2D eigenvalue weighted by molar-refractivity contribution is 7.59. The number of rotatable bonds is 6. The number of halogens is 1. The summed E-state index contributed by atoms with van der Waals surface area (Å²) in [4.78, 5) is 0. The van der Waals surface area contributed by atoms with Gasteiger partial charge in [-0.05, 0) is 37.6 Å². The fourth-order valence-corrected chi connectivity index (χ4v) is 2.91. The van der Waals surface area contributed by atoms with Gasteiger partial charge in [-0.3, -0.25) is 4.57 Å². The second kappa shape index (κ2) is 7.20. The minimum Gasteiger partial charge on any atom is -0.305 e. The molecule has 0 saturated carbocycles. The predicted molar refractivity (Wildman–Crippen MR) is 70.8 cm³/mol. The van der Waals surface area contributed by atoms with E-state index in [0.29, 0.717) is 5.56 Å². The first kappa shape index (κ1) is 15.6. The first-order chi connectivity index (χ1) is 9.05. The zero-order valence-corrected chi connectivity index (χ0v) is 11.7. The maximum atomic E-state index is 13.1. The standard InChI is InChI=1S/C13H15FNO3P/c1-3-17-19(16,18-4-2)13(10-15)9-11-6-5-7-12(14)8-11/h5-9H,3-4H2,1-2H3. The zero-order chi connectivity index (χ0) is 14.3. The van der Waals surface area contributed by atoms with Gasteiger partial charge < -0.3 is 9.05 Å². The van der Waals surface area contributed by atoms with Crippen LogP contribution in [0.1, 0.15) is 19.4 Å². The Kier molecular flexibility index (Phi) is 5.91. The third-order valence-electron chi connectivity index (χ3n) is 2.16. The molecule has 0 aliphatic rings. The number of benzene rings is 1. The lowest BCUT2D eigenvalue weighted by molar-refractivity contribution is 0.227. The molecule has 19 heavy (non-hydrogen) atoms. The maximum absolute atomic E-state index is 13.1. The van der Waals surface area contributed by atoms with Crippen molar-refractivity contribution in [3.8, 4) is 6.07 Å². The molecule has 0 N–H and O–H groups in total. The molecule has 102 valence electrons. The van der Waals surface area contributed by atoms with Crippen LogP contribution in [-0.2, 0) is 13.6 Å². The third kappa shape index (κ3) is 4.29. The van der Waals surface area contributed by atoms with Crippen LogP contribution in [0.4, 0.5) is 4.39 Å². The molecular weight excluding hydrogens is 268 g/mol. The molecule has 0 fully saturated rings. The quantitative estimate of drug-likeness (QED) is 0.585. The van der Waals surface area contributed by atoms with E-state index in [1.165, 1.54) is 24.3 Å². The molecule has 0 aliphatic heterocycles. The normalized spacial score (nSPS) is 12.2. The molecule has 1 aromatic carbocycles. The second-order valence-electron chi connectivity index (χ2n) is 3.53. The Morgan fingerprint density at radius 1 is 1.42 bits per heavy atom. The lowest BCUT2D eigenvalue weighted by Crippen LogP contribution is -1.97. The van der Waals surface area contributed by atoms with Crippen LogP contribution in [0.5, 0.6) is 0 Å². The van der Waals surface area contributed by atoms with Crippen molar-refractivity contribution in [1.29, 1.82) is 5.26 Å². The summed E-state index contributed by atoms with van der Waals surface area (Å²) in [6, 6.07) is 7.43. The van der Waals surface area contributed by atoms with Crippen molar-refractivity contribution in [2.24, 2.45) is 0 Å². The van der Waals surface area contributed by atoms with Gasteiger partial charge in [0.05, 0.1) is 13.2 Å². The first-order valence-corrected chi connectivity index (χ1v) is 7.37. The van der Waals surface area contributed by atoms with Crippen molar-refractivity contribution in [2.45, 2.75) is 13.8 Å². The molecule has 6 heteroatoms. The van der Waals surface area contributed by atoms with Gasteiger partial charge in [-0.25, -0.2) is 4.39 Å². The van der Waals surface area contributed by atoms with Crippen LogP contribution in [0, 0.1) is 17.1 Å². The molecule has 0 heterocycles. The summed E-state index contributed by atoms with van der Waals surface area (Å²) >= 11 is 0. The largest absolute Gasteiger partial charge is 0.371 e. The molecule has 0 bridgehead atoms. The average molecular weight is 283 g/mol. The summed E-state index contributed by atoms with van der Waals surface area (Å²) in [5.41, 5.74) is 0.427. The third-order valence-corrected chi connectivity index (χ3v) is 4.18. The molecule has 0 atom stereocenters. The van der Waals surface area contributed by atoms with Crippen LogP contribution in [0.2, 0.25) is 0 Å². The van der Waals surface area contributed by atoms with Gasteiger partial charge in [0.2, 0.25) is 0 Å². The summed E-state index contributed by atoms with van der Waals surface area (Å²) in [5, 5.41) is 8.96. The predicted octanol–water partition coefficient (Wildman–Crippen LogP) is 3.96. The Morgan fingerprint density at radius 2 is 2.05 bits per heavy atom. The Hall–Kier alpha value is -1.47. The fraction of sp³-hybridized carbons (Fsp3) is 0.308. The van der Waals surface area contributed by atoms with Crippen molar-refractivity contribution in [2.75, 3.05) is 13.2 Å². The van der Waals surface area contributed by atoms with E-state index in [4.69, 9.17) is 14.3 Å². The van der Waals surface area contributed by atoms with Gasteiger partial charge >= 0.3 is 7.60 Å². The van der Waals surface area contributed by atoms with Crippen LogP contribution in [0.3, 0.4) is 0 Å². The van der Waals surface area contributed by atoms with Gasteiger partial charge in [-0.15, -0.1) is 0 Å². The lowest BCUT2D eigenvalue weighted by atomic mass is 10.2. The molecule has 0 radical (unpaired) electrons. The molecular formula is C13H15FNO3P. The minimum absolute atomic E-state index is 0.137. The van der Waals surface area contributed by atoms with Gasteiger partial charge in [-0.2, -0.15) is 5.26 Å². The van der Waals surface area contributed by atoms with E-state index in [1.807, 2.05) is 0 Å². The van der Waals surface area contributed by atoms with Crippen molar-refractivity contribution in [1.82, 2.24) is 0 Å². The van der Waals surface area contributed by atoms with E-state index in [1.54, 1.807) is 26.0 Å². The summed E-state index contributed by atoms with van der Waals surface area (Å²) in [7, 11) is -3.63. The Morgan fingerprint density at radius 3 is 2.53 bits per heavy atom.